The number of hydrogen-bond donors (Lipinski definition) is 1. The average molecular weight is 500 g/mol. The lowest BCUT2D eigenvalue weighted by Gasteiger charge is -2.38. The van der Waals surface area contributed by atoms with E-state index in [1.54, 1.807) is 0 Å². The molecule has 3 heteroatoms. The van der Waals surface area contributed by atoms with E-state index in [2.05, 4.69) is 150 Å². The Morgan fingerprint density at radius 3 is 1.77 bits per heavy atom. The van der Waals surface area contributed by atoms with E-state index in [0.29, 0.717) is 0 Å². The minimum atomic E-state index is -0.618. The highest BCUT2D eigenvalue weighted by Gasteiger charge is 2.53. The van der Waals surface area contributed by atoms with Crippen LogP contribution in [0, 0.1) is 0 Å². The fourth-order valence-electron chi connectivity index (χ4n) is 6.27. The van der Waals surface area contributed by atoms with Gasteiger partial charge >= 0.3 is 0 Å². The van der Waals surface area contributed by atoms with Crippen molar-refractivity contribution in [1.82, 2.24) is 4.98 Å². The molecule has 0 unspecified atom stereocenters. The minimum Gasteiger partial charge on any atom is -0.353 e. The molecule has 1 aliphatic carbocycles. The third kappa shape index (κ3) is 3.20. The topological polar surface area (TPSA) is 28.2 Å². The Morgan fingerprint density at radius 1 is 0.513 bits per heavy atom. The van der Waals surface area contributed by atoms with Gasteiger partial charge in [-0.05, 0) is 46.5 Å². The quantitative estimate of drug-likeness (QED) is 0.264. The zero-order valence-electron chi connectivity index (χ0n) is 21.3. The van der Waals surface area contributed by atoms with E-state index < -0.39 is 5.66 Å². The van der Waals surface area contributed by atoms with E-state index in [4.69, 9.17) is 4.98 Å². The molecule has 2 heterocycles. The Morgan fingerprint density at radius 2 is 1.08 bits per heavy atom. The smallest absolute Gasteiger partial charge is 0.170 e. The highest BCUT2D eigenvalue weighted by atomic mass is 15.4. The van der Waals surface area contributed by atoms with Gasteiger partial charge in [0.05, 0.1) is 17.1 Å². The molecule has 1 spiro atoms. The summed E-state index contributed by atoms with van der Waals surface area (Å²) in [5.74, 6) is 0.902. The second kappa shape index (κ2) is 8.44. The SMILES string of the molecule is c1ccc(-c2cc(-c3ccccc3)nc(N3c4ccccc4NC34c3ccccc3-c3ccccc34)c2)cc1. The van der Waals surface area contributed by atoms with Crippen LogP contribution in [-0.4, -0.2) is 4.98 Å². The largest absolute Gasteiger partial charge is 0.353 e. The molecule has 6 aromatic rings. The molecule has 1 aliphatic heterocycles. The van der Waals surface area contributed by atoms with Crippen molar-refractivity contribution in [3.8, 4) is 33.5 Å². The number of hydrogen-bond acceptors (Lipinski definition) is 3. The summed E-state index contributed by atoms with van der Waals surface area (Å²) in [5, 5.41) is 3.98. The molecule has 39 heavy (non-hydrogen) atoms. The number of para-hydroxylation sites is 2. The van der Waals surface area contributed by atoms with Gasteiger partial charge in [0.15, 0.2) is 5.66 Å². The normalized spacial score (nSPS) is 14.0. The number of aromatic nitrogens is 1. The second-order valence-corrected chi connectivity index (χ2v) is 10.1. The first kappa shape index (κ1) is 21.9. The van der Waals surface area contributed by atoms with E-state index in [9.17, 15) is 0 Å². The van der Waals surface area contributed by atoms with Crippen molar-refractivity contribution in [2.45, 2.75) is 5.66 Å². The van der Waals surface area contributed by atoms with Gasteiger partial charge in [-0.1, -0.05) is 121 Å². The van der Waals surface area contributed by atoms with Crippen molar-refractivity contribution in [1.29, 1.82) is 0 Å². The van der Waals surface area contributed by atoms with Crippen molar-refractivity contribution in [2.24, 2.45) is 0 Å². The minimum absolute atomic E-state index is 0.618. The number of nitrogens with one attached hydrogen (secondary N) is 1. The fourth-order valence-corrected chi connectivity index (χ4v) is 6.27. The van der Waals surface area contributed by atoms with Crippen molar-refractivity contribution in [2.75, 3.05) is 10.2 Å². The van der Waals surface area contributed by atoms with Gasteiger partial charge in [0.1, 0.15) is 5.82 Å². The van der Waals surface area contributed by atoms with Crippen molar-refractivity contribution in [3.63, 3.8) is 0 Å². The summed E-state index contributed by atoms with van der Waals surface area (Å²) in [6.07, 6.45) is 0. The Bertz CT molecular complexity index is 1740. The van der Waals surface area contributed by atoms with Crippen LogP contribution in [0.1, 0.15) is 11.1 Å². The summed E-state index contributed by atoms with van der Waals surface area (Å²) in [6.45, 7) is 0. The van der Waals surface area contributed by atoms with Crippen LogP contribution in [0.15, 0.2) is 146 Å². The number of benzene rings is 5. The number of rotatable bonds is 3. The molecule has 0 atom stereocenters. The number of nitrogens with zero attached hydrogens (tertiary/aromatic N) is 2. The Balaban J connectivity index is 1.45. The molecule has 1 N–H and O–H groups in total. The molecule has 0 amide bonds. The Labute approximate surface area is 228 Å². The van der Waals surface area contributed by atoms with Crippen LogP contribution in [-0.2, 0) is 5.66 Å². The summed E-state index contributed by atoms with van der Waals surface area (Å²) >= 11 is 0. The Kier molecular flexibility index (Phi) is 4.74. The summed E-state index contributed by atoms with van der Waals surface area (Å²) in [4.78, 5) is 7.77. The van der Waals surface area contributed by atoms with Crippen molar-refractivity contribution < 1.29 is 0 Å². The molecule has 2 aliphatic rings. The first-order valence-corrected chi connectivity index (χ1v) is 13.3. The van der Waals surface area contributed by atoms with E-state index >= 15 is 0 Å². The van der Waals surface area contributed by atoms with E-state index in [-0.39, 0.29) is 0 Å². The molecule has 1 aromatic heterocycles. The fraction of sp³-hybridized carbons (Fsp3) is 0.0278. The third-order valence-corrected chi connectivity index (χ3v) is 7.94. The number of fused-ring (bicyclic) bond motifs is 6. The molecule has 184 valence electrons. The van der Waals surface area contributed by atoms with Crippen LogP contribution in [0.5, 0.6) is 0 Å². The molecular weight excluding hydrogens is 474 g/mol. The highest BCUT2D eigenvalue weighted by Crippen LogP contribution is 2.59. The zero-order chi connectivity index (χ0) is 25.8. The van der Waals surface area contributed by atoms with Gasteiger partial charge in [0.2, 0.25) is 0 Å². The van der Waals surface area contributed by atoms with Crippen molar-refractivity contribution in [3.05, 3.63) is 157 Å². The van der Waals surface area contributed by atoms with E-state index in [1.807, 2.05) is 6.07 Å². The molecule has 0 radical (unpaired) electrons. The maximum Gasteiger partial charge on any atom is 0.170 e. The third-order valence-electron chi connectivity index (χ3n) is 7.94. The first-order valence-electron chi connectivity index (χ1n) is 13.3. The lowest BCUT2D eigenvalue weighted by molar-refractivity contribution is 0.636. The number of pyridine rings is 1. The molecule has 0 fully saturated rings. The standard InChI is InChI=1S/C36H25N3/c1-3-13-25(14-4-1)27-23-33(26-15-5-2-6-16-26)37-35(24-27)39-34-22-12-11-21-32(34)38-36(39)30-19-9-7-17-28(30)29-18-8-10-20-31(29)36/h1-24,38H. The molecular formula is C36H25N3. The van der Waals surface area contributed by atoms with Gasteiger partial charge in [-0.25, -0.2) is 4.98 Å². The van der Waals surface area contributed by atoms with Crippen LogP contribution in [0.25, 0.3) is 33.5 Å². The Hall–Kier alpha value is -5.15. The summed E-state index contributed by atoms with van der Waals surface area (Å²) < 4.78 is 0. The summed E-state index contributed by atoms with van der Waals surface area (Å²) in [5.41, 5.74) is 10.9. The van der Waals surface area contributed by atoms with Crippen molar-refractivity contribution >= 4 is 17.2 Å². The van der Waals surface area contributed by atoms with Gasteiger partial charge < -0.3 is 5.32 Å². The van der Waals surface area contributed by atoms with Gasteiger partial charge in [-0.3, -0.25) is 4.90 Å². The maximum absolute atomic E-state index is 5.36. The maximum atomic E-state index is 5.36. The molecule has 0 saturated heterocycles. The summed E-state index contributed by atoms with van der Waals surface area (Å²) in [6, 6.07) is 51.5. The molecule has 5 aromatic carbocycles. The first-order chi connectivity index (χ1) is 19.3. The molecule has 0 saturated carbocycles. The monoisotopic (exact) mass is 499 g/mol. The van der Waals surface area contributed by atoms with Crippen LogP contribution in [0.3, 0.4) is 0 Å². The summed E-state index contributed by atoms with van der Waals surface area (Å²) in [7, 11) is 0. The van der Waals surface area contributed by atoms with Gasteiger partial charge in [0, 0.05) is 16.7 Å². The van der Waals surface area contributed by atoms with Gasteiger partial charge in [0.25, 0.3) is 0 Å². The van der Waals surface area contributed by atoms with Crippen LogP contribution >= 0.6 is 0 Å². The highest BCUT2D eigenvalue weighted by molar-refractivity contribution is 5.94. The van der Waals surface area contributed by atoms with Gasteiger partial charge in [-0.15, -0.1) is 0 Å². The predicted octanol–water partition coefficient (Wildman–Crippen LogP) is 8.86. The van der Waals surface area contributed by atoms with E-state index in [1.165, 1.54) is 27.8 Å². The molecule has 3 nitrogen and oxygen atoms in total. The average Bonchev–Trinajstić information content (AvgIpc) is 3.51. The van der Waals surface area contributed by atoms with Gasteiger partial charge in [-0.2, -0.15) is 0 Å². The van der Waals surface area contributed by atoms with Crippen LogP contribution in [0.4, 0.5) is 17.2 Å². The second-order valence-electron chi connectivity index (χ2n) is 10.1. The number of anilines is 3. The van der Waals surface area contributed by atoms with Crippen LogP contribution in [0.2, 0.25) is 0 Å². The predicted molar refractivity (Wildman–Crippen MR) is 160 cm³/mol. The molecule has 8 rings (SSSR count). The molecule has 0 bridgehead atoms. The van der Waals surface area contributed by atoms with E-state index in [0.717, 1.165) is 34.0 Å². The lowest BCUT2D eigenvalue weighted by atomic mass is 9.95. The van der Waals surface area contributed by atoms with Crippen LogP contribution < -0.4 is 10.2 Å². The zero-order valence-corrected chi connectivity index (χ0v) is 21.3. The lowest BCUT2D eigenvalue weighted by Crippen LogP contribution is -2.45.